The van der Waals surface area contributed by atoms with E-state index in [9.17, 15) is 14.9 Å². The number of aryl methyl sites for hydroxylation is 1. The molecule has 4 nitrogen and oxygen atoms in total. The minimum Gasteiger partial charge on any atom is -0.468 e. The molecule has 4 heteroatoms. The number of esters is 1. The number of carbonyl (C=O) groups is 2. The Balaban J connectivity index is 2.31. The molecule has 0 unspecified atom stereocenters. The van der Waals surface area contributed by atoms with E-state index in [1.165, 1.54) is 7.11 Å². The van der Waals surface area contributed by atoms with Gasteiger partial charge in [-0.05, 0) is 37.3 Å². The van der Waals surface area contributed by atoms with Crippen LogP contribution in [0.2, 0.25) is 0 Å². The topological polar surface area (TPSA) is 67.2 Å². The maximum absolute atomic E-state index is 12.2. The van der Waals surface area contributed by atoms with Crippen molar-refractivity contribution in [3.8, 4) is 6.07 Å². The molecule has 0 saturated carbocycles. The van der Waals surface area contributed by atoms with Crippen LogP contribution in [0.1, 0.15) is 25.3 Å². The van der Waals surface area contributed by atoms with Crippen LogP contribution in [0.25, 0.3) is 0 Å². The summed E-state index contributed by atoms with van der Waals surface area (Å²) in [6.45, 7) is 1.81. The van der Waals surface area contributed by atoms with Gasteiger partial charge in [-0.3, -0.25) is 9.59 Å². The fourth-order valence-electron chi connectivity index (χ4n) is 3.31. The summed E-state index contributed by atoms with van der Waals surface area (Å²) in [6.07, 6.45) is 2.32. The predicted molar refractivity (Wildman–Crippen MR) is 81.7 cm³/mol. The van der Waals surface area contributed by atoms with E-state index in [1.54, 1.807) is 6.92 Å². The smallest absolute Gasteiger partial charge is 0.327 e. The van der Waals surface area contributed by atoms with Crippen molar-refractivity contribution in [2.75, 3.05) is 7.11 Å². The third kappa shape index (κ3) is 2.67. The zero-order valence-corrected chi connectivity index (χ0v) is 12.8. The van der Waals surface area contributed by atoms with Crippen LogP contribution in [-0.2, 0) is 20.7 Å². The van der Waals surface area contributed by atoms with Gasteiger partial charge in [0.05, 0.1) is 13.2 Å². The number of nitriles is 1. The van der Waals surface area contributed by atoms with E-state index < -0.39 is 17.3 Å². The molecule has 1 aliphatic carbocycles. The average molecular weight is 297 g/mol. The van der Waals surface area contributed by atoms with Crippen molar-refractivity contribution in [1.82, 2.24) is 0 Å². The number of allylic oxidation sites excluding steroid dienone is 2. The Bertz CT molecular complexity index is 642. The van der Waals surface area contributed by atoms with Gasteiger partial charge in [-0.1, -0.05) is 35.9 Å². The van der Waals surface area contributed by atoms with E-state index in [-0.39, 0.29) is 6.42 Å². The Morgan fingerprint density at radius 1 is 1.45 bits per heavy atom. The zero-order chi connectivity index (χ0) is 16.2. The fourth-order valence-corrected chi connectivity index (χ4v) is 3.31. The first-order valence-electron chi connectivity index (χ1n) is 7.27. The number of carbonyl (C=O) groups excluding carboxylic acids is 2. The molecule has 0 amide bonds. The molecule has 0 aliphatic heterocycles. The van der Waals surface area contributed by atoms with Crippen LogP contribution >= 0.6 is 0 Å². The normalized spacial score (nSPS) is 24.0. The molecule has 2 atom stereocenters. The van der Waals surface area contributed by atoms with Crippen LogP contribution in [0.15, 0.2) is 41.5 Å². The molecule has 114 valence electrons. The van der Waals surface area contributed by atoms with Gasteiger partial charge in [0.25, 0.3) is 0 Å². The van der Waals surface area contributed by atoms with Gasteiger partial charge < -0.3 is 4.74 Å². The summed E-state index contributed by atoms with van der Waals surface area (Å²) in [5, 5.41) is 9.62. The first-order valence-corrected chi connectivity index (χ1v) is 7.27. The summed E-state index contributed by atoms with van der Waals surface area (Å²) < 4.78 is 4.85. The van der Waals surface area contributed by atoms with Crippen molar-refractivity contribution in [2.24, 2.45) is 11.3 Å². The fraction of sp³-hybridized carbons (Fsp3) is 0.389. The minimum atomic E-state index is -1.27. The summed E-state index contributed by atoms with van der Waals surface area (Å²) in [7, 11) is 1.28. The third-order valence-electron chi connectivity index (χ3n) is 4.45. The number of aldehydes is 1. The SMILES string of the molecule is COC(=O)[C@]1(C#N)CC(C)=C(C=O)[C@H]1CCc1ccccc1. The lowest BCUT2D eigenvalue weighted by Crippen LogP contribution is -2.36. The van der Waals surface area contributed by atoms with Gasteiger partial charge in [-0.2, -0.15) is 5.26 Å². The predicted octanol–water partition coefficient (Wildman–Crippen LogP) is 2.84. The first-order chi connectivity index (χ1) is 10.6. The van der Waals surface area contributed by atoms with E-state index in [1.807, 2.05) is 30.3 Å². The molecular formula is C18H19NO3. The van der Waals surface area contributed by atoms with E-state index in [0.717, 1.165) is 17.4 Å². The van der Waals surface area contributed by atoms with E-state index in [0.29, 0.717) is 18.4 Å². The molecule has 0 heterocycles. The molecule has 2 rings (SSSR count). The van der Waals surface area contributed by atoms with Gasteiger partial charge in [-0.25, -0.2) is 0 Å². The first kappa shape index (κ1) is 16.0. The highest BCUT2D eigenvalue weighted by molar-refractivity contribution is 5.87. The van der Waals surface area contributed by atoms with E-state index in [2.05, 4.69) is 6.07 Å². The quantitative estimate of drug-likeness (QED) is 0.619. The third-order valence-corrected chi connectivity index (χ3v) is 4.45. The highest BCUT2D eigenvalue weighted by Gasteiger charge is 2.53. The lowest BCUT2D eigenvalue weighted by Gasteiger charge is -2.27. The number of hydrogen-bond acceptors (Lipinski definition) is 4. The summed E-state index contributed by atoms with van der Waals surface area (Å²) in [5.41, 5.74) is 1.22. The molecule has 0 radical (unpaired) electrons. The lowest BCUT2D eigenvalue weighted by molar-refractivity contribution is -0.151. The number of rotatable bonds is 5. The van der Waals surface area contributed by atoms with Crippen LogP contribution in [0.5, 0.6) is 0 Å². The Morgan fingerprint density at radius 3 is 2.68 bits per heavy atom. The molecule has 1 aliphatic rings. The van der Waals surface area contributed by atoms with Crippen molar-refractivity contribution >= 4 is 12.3 Å². The number of hydrogen-bond donors (Lipinski definition) is 0. The van der Waals surface area contributed by atoms with Crippen LogP contribution in [-0.4, -0.2) is 19.4 Å². The highest BCUT2D eigenvalue weighted by atomic mass is 16.5. The van der Waals surface area contributed by atoms with Gasteiger partial charge in [0.15, 0.2) is 5.41 Å². The van der Waals surface area contributed by atoms with Gasteiger partial charge >= 0.3 is 5.97 Å². The van der Waals surface area contributed by atoms with Crippen LogP contribution in [0.3, 0.4) is 0 Å². The molecule has 0 bridgehead atoms. The van der Waals surface area contributed by atoms with Crippen molar-refractivity contribution in [1.29, 1.82) is 5.26 Å². The van der Waals surface area contributed by atoms with Crippen molar-refractivity contribution in [3.05, 3.63) is 47.0 Å². The zero-order valence-electron chi connectivity index (χ0n) is 12.8. The molecule has 1 aromatic rings. The Hall–Kier alpha value is -2.41. The number of ether oxygens (including phenoxy) is 1. The largest absolute Gasteiger partial charge is 0.468 e. The van der Waals surface area contributed by atoms with Crippen molar-refractivity contribution in [3.63, 3.8) is 0 Å². The summed E-state index contributed by atoms with van der Waals surface area (Å²) in [5.74, 6) is -0.966. The number of benzene rings is 1. The molecule has 22 heavy (non-hydrogen) atoms. The Kier molecular flexibility index (Phi) is 4.77. The molecule has 0 aromatic heterocycles. The number of methoxy groups -OCH3 is 1. The van der Waals surface area contributed by atoms with Crippen LogP contribution in [0.4, 0.5) is 0 Å². The monoisotopic (exact) mass is 297 g/mol. The van der Waals surface area contributed by atoms with E-state index in [4.69, 9.17) is 4.74 Å². The molecule has 1 aromatic carbocycles. The van der Waals surface area contributed by atoms with Gasteiger partial charge in [0.2, 0.25) is 0 Å². The maximum atomic E-state index is 12.2. The molecule has 0 N–H and O–H groups in total. The molecule has 0 fully saturated rings. The van der Waals surface area contributed by atoms with Crippen molar-refractivity contribution < 1.29 is 14.3 Å². The highest BCUT2D eigenvalue weighted by Crippen LogP contribution is 2.48. The van der Waals surface area contributed by atoms with Gasteiger partial charge in [0.1, 0.15) is 6.29 Å². The van der Waals surface area contributed by atoms with Crippen LogP contribution < -0.4 is 0 Å². The second kappa shape index (κ2) is 6.57. The molecule has 0 saturated heterocycles. The van der Waals surface area contributed by atoms with E-state index >= 15 is 0 Å². The second-order valence-corrected chi connectivity index (χ2v) is 5.68. The summed E-state index contributed by atoms with van der Waals surface area (Å²) in [4.78, 5) is 23.6. The van der Waals surface area contributed by atoms with Gasteiger partial charge in [-0.15, -0.1) is 0 Å². The average Bonchev–Trinajstić information content (AvgIpc) is 2.85. The summed E-state index contributed by atoms with van der Waals surface area (Å²) in [6, 6.07) is 12.0. The Labute approximate surface area is 130 Å². The molecular weight excluding hydrogens is 278 g/mol. The minimum absolute atomic E-state index is 0.268. The second-order valence-electron chi connectivity index (χ2n) is 5.68. The number of nitrogens with zero attached hydrogens (tertiary/aromatic N) is 1. The summed E-state index contributed by atoms with van der Waals surface area (Å²) >= 11 is 0. The lowest BCUT2D eigenvalue weighted by atomic mass is 9.73. The Morgan fingerprint density at radius 2 is 2.14 bits per heavy atom. The standard InChI is InChI=1S/C18H19NO3/c1-13-10-18(12-19,17(21)22-2)16(15(13)11-20)9-8-14-6-4-3-5-7-14/h3-7,11,16H,8-10H2,1-2H3/t16-,18+/m1/s1. The van der Waals surface area contributed by atoms with Gasteiger partial charge in [0, 0.05) is 5.92 Å². The maximum Gasteiger partial charge on any atom is 0.327 e. The van der Waals surface area contributed by atoms with Crippen LogP contribution in [0, 0.1) is 22.7 Å². The molecule has 0 spiro atoms. The van der Waals surface area contributed by atoms with Crippen molar-refractivity contribution in [2.45, 2.75) is 26.2 Å².